The van der Waals surface area contributed by atoms with Crippen LogP contribution in [-0.2, 0) is 23.7 Å². The van der Waals surface area contributed by atoms with Crippen molar-refractivity contribution >= 4 is 11.5 Å². The maximum Gasteiger partial charge on any atom is 0.160 e. The smallest absolute Gasteiger partial charge is 0.160 e. The Morgan fingerprint density at radius 2 is 1.24 bits per heavy atom. The molecule has 1 rings (SSSR count). The van der Waals surface area contributed by atoms with Gasteiger partial charge in [-0.25, -0.2) is 0 Å². The molecule has 0 atom stereocenters. The number of anilines is 1. The van der Waals surface area contributed by atoms with E-state index in [0.29, 0.717) is 58.9 Å². The average molecular weight is 412 g/mol. The van der Waals surface area contributed by atoms with Crippen LogP contribution in [0.1, 0.15) is 27.7 Å². The van der Waals surface area contributed by atoms with Gasteiger partial charge < -0.3 is 29.0 Å². The second kappa shape index (κ2) is 16.2. The number of ether oxygens (including phenoxy) is 5. The van der Waals surface area contributed by atoms with Crippen molar-refractivity contribution in [2.24, 2.45) is 5.92 Å². The Balaban J connectivity index is 1.85. The predicted molar refractivity (Wildman–Crippen MR) is 114 cm³/mol. The molecule has 0 fully saturated rings. The highest BCUT2D eigenvalue weighted by atomic mass is 16.6. The van der Waals surface area contributed by atoms with E-state index in [1.54, 1.807) is 0 Å². The monoisotopic (exact) mass is 411 g/mol. The van der Waals surface area contributed by atoms with Crippen molar-refractivity contribution in [3.8, 4) is 5.75 Å². The molecule has 0 unspecified atom stereocenters. The van der Waals surface area contributed by atoms with Gasteiger partial charge >= 0.3 is 0 Å². The Morgan fingerprint density at radius 3 is 1.72 bits per heavy atom. The number of rotatable bonds is 18. The summed E-state index contributed by atoms with van der Waals surface area (Å²) in [4.78, 5) is 11.4. The second-order valence-corrected chi connectivity index (χ2v) is 7.18. The summed E-state index contributed by atoms with van der Waals surface area (Å²) in [5.74, 6) is 0.946. The summed E-state index contributed by atoms with van der Waals surface area (Å²) < 4.78 is 27.2. The number of ketones is 1. The fraction of sp³-hybridized carbons (Fsp3) is 0.682. The lowest BCUT2D eigenvalue weighted by molar-refractivity contribution is -0.127. The molecule has 0 spiro atoms. The summed E-state index contributed by atoms with van der Waals surface area (Å²) in [6.07, 6.45) is 0. The van der Waals surface area contributed by atoms with Crippen molar-refractivity contribution in [1.29, 1.82) is 0 Å². The van der Waals surface area contributed by atoms with Gasteiger partial charge in [0.05, 0.1) is 46.2 Å². The summed E-state index contributed by atoms with van der Waals surface area (Å²) in [5.41, 5.74) is 1.08. The third kappa shape index (κ3) is 14.0. The Bertz CT molecular complexity index is 533. The standard InChI is InChI=1S/C22H37NO6/c1-18(2)22(24)17-28-14-13-26-10-9-25-11-12-27-15-16-29-21-7-5-20(6-8-21)23-19(3)4/h5-8,18-19,23H,9-17H2,1-4H3. The molecule has 0 amide bonds. The minimum Gasteiger partial charge on any atom is -0.491 e. The van der Waals surface area contributed by atoms with Gasteiger partial charge in [-0.2, -0.15) is 0 Å². The molecule has 166 valence electrons. The lowest BCUT2D eigenvalue weighted by Gasteiger charge is -2.11. The van der Waals surface area contributed by atoms with E-state index < -0.39 is 0 Å². The molecule has 0 aliphatic carbocycles. The summed E-state index contributed by atoms with van der Waals surface area (Å²) in [6, 6.07) is 8.30. The van der Waals surface area contributed by atoms with Crippen molar-refractivity contribution < 1.29 is 28.5 Å². The zero-order valence-corrected chi connectivity index (χ0v) is 18.3. The van der Waals surface area contributed by atoms with Crippen LogP contribution in [0.3, 0.4) is 0 Å². The van der Waals surface area contributed by atoms with Crippen LogP contribution in [0.15, 0.2) is 24.3 Å². The zero-order chi connectivity index (χ0) is 21.3. The van der Waals surface area contributed by atoms with Crippen LogP contribution in [0.2, 0.25) is 0 Å². The van der Waals surface area contributed by atoms with Gasteiger partial charge in [-0.3, -0.25) is 4.79 Å². The largest absolute Gasteiger partial charge is 0.491 e. The lowest BCUT2D eigenvalue weighted by Crippen LogP contribution is -2.17. The van der Waals surface area contributed by atoms with Crippen LogP contribution in [0, 0.1) is 5.92 Å². The number of hydrogen-bond acceptors (Lipinski definition) is 7. The fourth-order valence-corrected chi connectivity index (χ4v) is 2.20. The third-order valence-electron chi connectivity index (χ3n) is 3.81. The molecule has 7 heteroatoms. The minimum absolute atomic E-state index is 0.0109. The van der Waals surface area contributed by atoms with E-state index in [0.717, 1.165) is 11.4 Å². The quantitative estimate of drug-likeness (QED) is 0.372. The molecule has 0 aromatic heterocycles. The van der Waals surface area contributed by atoms with Gasteiger partial charge in [0.15, 0.2) is 5.78 Å². The molecule has 29 heavy (non-hydrogen) atoms. The van der Waals surface area contributed by atoms with Gasteiger partial charge in [0.2, 0.25) is 0 Å². The maximum atomic E-state index is 11.4. The molecule has 1 aromatic carbocycles. The average Bonchev–Trinajstić information content (AvgIpc) is 2.68. The zero-order valence-electron chi connectivity index (χ0n) is 18.3. The predicted octanol–water partition coefficient (Wildman–Crippen LogP) is 3.18. The molecule has 0 aliphatic rings. The maximum absolute atomic E-state index is 11.4. The first-order chi connectivity index (χ1) is 14.0. The van der Waals surface area contributed by atoms with Crippen molar-refractivity contribution in [3.05, 3.63) is 24.3 Å². The number of nitrogens with one attached hydrogen (secondary N) is 1. The number of carbonyl (C=O) groups excluding carboxylic acids is 1. The Labute approximate surface area is 175 Å². The van der Waals surface area contributed by atoms with Crippen molar-refractivity contribution in [2.75, 3.05) is 64.8 Å². The van der Waals surface area contributed by atoms with Crippen LogP contribution >= 0.6 is 0 Å². The molecule has 0 bridgehead atoms. The number of Topliss-reactive ketones (excluding diaryl/α,β-unsaturated/α-hetero) is 1. The van der Waals surface area contributed by atoms with Crippen molar-refractivity contribution in [1.82, 2.24) is 0 Å². The van der Waals surface area contributed by atoms with E-state index >= 15 is 0 Å². The van der Waals surface area contributed by atoms with Crippen LogP contribution in [0.5, 0.6) is 5.75 Å². The van der Waals surface area contributed by atoms with E-state index in [4.69, 9.17) is 23.7 Å². The van der Waals surface area contributed by atoms with Gasteiger partial charge in [0, 0.05) is 17.6 Å². The fourth-order valence-electron chi connectivity index (χ4n) is 2.20. The minimum atomic E-state index is 0.0109. The van der Waals surface area contributed by atoms with Gasteiger partial charge in [-0.05, 0) is 38.1 Å². The van der Waals surface area contributed by atoms with Gasteiger partial charge in [0.1, 0.15) is 19.0 Å². The van der Waals surface area contributed by atoms with Crippen LogP contribution in [-0.4, -0.2) is 71.3 Å². The Morgan fingerprint density at radius 1 is 0.759 bits per heavy atom. The van der Waals surface area contributed by atoms with Crippen LogP contribution in [0.4, 0.5) is 5.69 Å². The Kier molecular flexibility index (Phi) is 14.1. The molecule has 0 aliphatic heterocycles. The molecule has 1 N–H and O–H groups in total. The first kappa shape index (κ1) is 25.4. The molecular formula is C22H37NO6. The molecule has 1 aromatic rings. The third-order valence-corrected chi connectivity index (χ3v) is 3.81. The first-order valence-electron chi connectivity index (χ1n) is 10.3. The first-order valence-corrected chi connectivity index (χ1v) is 10.3. The molecule has 0 saturated carbocycles. The molecule has 7 nitrogen and oxygen atoms in total. The molecule has 0 heterocycles. The van der Waals surface area contributed by atoms with E-state index in [-0.39, 0.29) is 18.3 Å². The number of carbonyl (C=O) groups is 1. The van der Waals surface area contributed by atoms with E-state index in [1.807, 2.05) is 38.1 Å². The topological polar surface area (TPSA) is 75.2 Å². The number of benzene rings is 1. The van der Waals surface area contributed by atoms with Crippen LogP contribution < -0.4 is 10.1 Å². The number of hydrogen-bond donors (Lipinski definition) is 1. The van der Waals surface area contributed by atoms with Crippen molar-refractivity contribution in [2.45, 2.75) is 33.7 Å². The molecular weight excluding hydrogens is 374 g/mol. The summed E-state index contributed by atoms with van der Waals surface area (Å²) >= 11 is 0. The Hall–Kier alpha value is -1.67. The summed E-state index contributed by atoms with van der Waals surface area (Å²) in [6.45, 7) is 12.0. The van der Waals surface area contributed by atoms with Crippen molar-refractivity contribution in [3.63, 3.8) is 0 Å². The highest BCUT2D eigenvalue weighted by Gasteiger charge is 2.06. The highest BCUT2D eigenvalue weighted by molar-refractivity contribution is 5.81. The van der Waals surface area contributed by atoms with E-state index in [1.165, 1.54) is 0 Å². The summed E-state index contributed by atoms with van der Waals surface area (Å²) in [5, 5.41) is 3.34. The summed E-state index contributed by atoms with van der Waals surface area (Å²) in [7, 11) is 0. The highest BCUT2D eigenvalue weighted by Crippen LogP contribution is 2.16. The van der Waals surface area contributed by atoms with E-state index in [9.17, 15) is 4.79 Å². The van der Waals surface area contributed by atoms with E-state index in [2.05, 4.69) is 19.2 Å². The molecule has 0 radical (unpaired) electrons. The molecule has 0 saturated heterocycles. The van der Waals surface area contributed by atoms with Gasteiger partial charge in [0.25, 0.3) is 0 Å². The lowest BCUT2D eigenvalue weighted by atomic mass is 10.1. The second-order valence-electron chi connectivity index (χ2n) is 7.18. The van der Waals surface area contributed by atoms with Gasteiger partial charge in [-0.15, -0.1) is 0 Å². The normalized spacial score (nSPS) is 11.2. The SMILES string of the molecule is CC(C)Nc1ccc(OCCOCCOCCOCCOCC(=O)C(C)C)cc1. The van der Waals surface area contributed by atoms with Crippen LogP contribution in [0.25, 0.3) is 0 Å². The van der Waals surface area contributed by atoms with Gasteiger partial charge in [-0.1, -0.05) is 13.8 Å².